The van der Waals surface area contributed by atoms with Crippen LogP contribution in [0.25, 0.3) is 10.8 Å². The van der Waals surface area contributed by atoms with E-state index in [0.29, 0.717) is 37.6 Å². The van der Waals surface area contributed by atoms with Gasteiger partial charge >= 0.3 is 6.01 Å². The number of rotatable bonds is 7. The summed E-state index contributed by atoms with van der Waals surface area (Å²) in [7, 11) is 1.75. The van der Waals surface area contributed by atoms with Gasteiger partial charge in [0, 0.05) is 43.2 Å². The number of phenols is 1. The average Bonchev–Trinajstić information content (AvgIpc) is 2.84. The summed E-state index contributed by atoms with van der Waals surface area (Å²) in [4.78, 5) is 24.1. The maximum atomic E-state index is 13.3. The Balaban J connectivity index is 1.66. The van der Waals surface area contributed by atoms with Crippen molar-refractivity contribution < 1.29 is 14.6 Å². The number of piperazine rings is 1. The lowest BCUT2D eigenvalue weighted by Gasteiger charge is -2.33. The fourth-order valence-corrected chi connectivity index (χ4v) is 3.83. The number of fused-ring (bicyclic) bond motifs is 1. The van der Waals surface area contributed by atoms with Gasteiger partial charge in [0.25, 0.3) is 5.91 Å². The summed E-state index contributed by atoms with van der Waals surface area (Å²) in [5, 5.41) is 29.9. The molecule has 2 atom stereocenters. The summed E-state index contributed by atoms with van der Waals surface area (Å²) in [5.74, 6) is 0.141. The van der Waals surface area contributed by atoms with Crippen molar-refractivity contribution in [1.82, 2.24) is 20.6 Å². The quantitative estimate of drug-likeness (QED) is 0.391. The van der Waals surface area contributed by atoms with Crippen LogP contribution in [-0.4, -0.2) is 59.9 Å². The minimum absolute atomic E-state index is 0.00486. The standard InChI is InChI=1S/C24H27N7O3/c1-15(26-2)34-24-29-21(13-22(30-24)31-10-9-27-17(14-31)7-8-25)23(33)28-20-12-18(32)11-16-5-3-4-6-19(16)20/h3-6,11-13,15,17,26-27,32H,7,9-10,14H2,1-2H3,(H,28,33)/t15?,17-/m0/s1. The van der Waals surface area contributed by atoms with Crippen LogP contribution in [0.5, 0.6) is 11.8 Å². The molecule has 0 aliphatic carbocycles. The predicted octanol–water partition coefficient (Wildman–Crippen LogP) is 2.22. The lowest BCUT2D eigenvalue weighted by atomic mass is 10.1. The molecule has 3 aromatic rings. The maximum absolute atomic E-state index is 13.3. The van der Waals surface area contributed by atoms with Gasteiger partial charge in [0.15, 0.2) is 6.23 Å². The number of nitrogens with zero attached hydrogens (tertiary/aromatic N) is 4. The molecule has 34 heavy (non-hydrogen) atoms. The molecule has 2 heterocycles. The minimum atomic E-state index is -0.454. The van der Waals surface area contributed by atoms with Gasteiger partial charge in [-0.1, -0.05) is 24.3 Å². The Bertz CT molecular complexity index is 1230. The highest BCUT2D eigenvalue weighted by molar-refractivity contribution is 6.09. The number of aromatic nitrogens is 2. The number of carbonyl (C=O) groups excluding carboxylic acids is 1. The monoisotopic (exact) mass is 461 g/mol. The summed E-state index contributed by atoms with van der Waals surface area (Å²) < 4.78 is 5.75. The summed E-state index contributed by atoms with van der Waals surface area (Å²) in [5.41, 5.74) is 0.606. The zero-order valence-electron chi connectivity index (χ0n) is 19.1. The third-order valence-electron chi connectivity index (χ3n) is 5.63. The lowest BCUT2D eigenvalue weighted by Crippen LogP contribution is -2.51. The first-order valence-electron chi connectivity index (χ1n) is 11.1. The molecule has 1 unspecified atom stereocenters. The van der Waals surface area contributed by atoms with Crippen LogP contribution < -0.4 is 25.6 Å². The number of carbonyl (C=O) groups is 1. The Kier molecular flexibility index (Phi) is 7.06. The second-order valence-electron chi connectivity index (χ2n) is 8.07. The largest absolute Gasteiger partial charge is 0.508 e. The van der Waals surface area contributed by atoms with Gasteiger partial charge in [0.1, 0.15) is 17.3 Å². The molecule has 0 radical (unpaired) electrons. The van der Waals surface area contributed by atoms with Crippen LogP contribution in [0.15, 0.2) is 42.5 Å². The van der Waals surface area contributed by atoms with Crippen molar-refractivity contribution in [3.63, 3.8) is 0 Å². The number of anilines is 2. The number of aromatic hydroxyl groups is 1. The Morgan fingerprint density at radius 1 is 1.35 bits per heavy atom. The van der Waals surface area contributed by atoms with Crippen molar-refractivity contribution in [3.8, 4) is 17.8 Å². The number of ether oxygens (including phenoxy) is 1. The zero-order chi connectivity index (χ0) is 24.1. The molecule has 1 aliphatic rings. The number of amides is 1. The minimum Gasteiger partial charge on any atom is -0.508 e. The normalized spacial score (nSPS) is 16.6. The van der Waals surface area contributed by atoms with E-state index in [1.165, 1.54) is 6.07 Å². The Hall–Kier alpha value is -3.94. The molecule has 4 N–H and O–H groups in total. The lowest BCUT2D eigenvalue weighted by molar-refractivity contribution is 0.101. The van der Waals surface area contributed by atoms with Crippen molar-refractivity contribution in [2.75, 3.05) is 36.9 Å². The highest BCUT2D eigenvalue weighted by atomic mass is 16.5. The number of nitrogens with one attached hydrogen (secondary N) is 3. The second kappa shape index (κ2) is 10.3. The fourth-order valence-electron chi connectivity index (χ4n) is 3.83. The van der Waals surface area contributed by atoms with Gasteiger partial charge in [-0.3, -0.25) is 10.1 Å². The van der Waals surface area contributed by atoms with Gasteiger partial charge in [-0.25, -0.2) is 0 Å². The van der Waals surface area contributed by atoms with Gasteiger partial charge in [-0.05, 0) is 25.4 Å². The number of benzene rings is 2. The number of hydrogen-bond acceptors (Lipinski definition) is 9. The molecule has 176 valence electrons. The van der Waals surface area contributed by atoms with E-state index in [1.54, 1.807) is 19.2 Å². The van der Waals surface area contributed by atoms with Gasteiger partial charge in [0.05, 0.1) is 18.2 Å². The van der Waals surface area contributed by atoms with E-state index >= 15 is 0 Å². The van der Waals surface area contributed by atoms with Gasteiger partial charge in [-0.2, -0.15) is 15.2 Å². The van der Waals surface area contributed by atoms with E-state index in [-0.39, 0.29) is 29.7 Å². The Morgan fingerprint density at radius 2 is 2.18 bits per heavy atom. The van der Waals surface area contributed by atoms with Crippen LogP contribution in [0, 0.1) is 11.3 Å². The first-order valence-corrected chi connectivity index (χ1v) is 11.1. The highest BCUT2D eigenvalue weighted by Gasteiger charge is 2.23. The van der Waals surface area contributed by atoms with Crippen molar-refractivity contribution >= 4 is 28.2 Å². The molecule has 0 spiro atoms. The molecule has 1 fully saturated rings. The summed E-state index contributed by atoms with van der Waals surface area (Å²) in [6.45, 7) is 3.74. The third kappa shape index (κ3) is 5.33. The molecular formula is C24H27N7O3. The van der Waals surface area contributed by atoms with E-state index in [4.69, 9.17) is 10.00 Å². The molecule has 1 aromatic heterocycles. The molecule has 0 bridgehead atoms. The Morgan fingerprint density at radius 3 is 2.97 bits per heavy atom. The van der Waals surface area contributed by atoms with Gasteiger partial charge in [-0.15, -0.1) is 0 Å². The van der Waals surface area contributed by atoms with Crippen LogP contribution >= 0.6 is 0 Å². The van der Waals surface area contributed by atoms with E-state index in [1.807, 2.05) is 36.1 Å². The first kappa shape index (κ1) is 23.2. The van der Waals surface area contributed by atoms with Crippen molar-refractivity contribution in [2.24, 2.45) is 0 Å². The summed E-state index contributed by atoms with van der Waals surface area (Å²) in [6.07, 6.45) is 0.00940. The molecule has 10 nitrogen and oxygen atoms in total. The molecule has 1 amide bonds. The molecule has 4 rings (SSSR count). The molecule has 1 saturated heterocycles. The number of hydrogen-bond donors (Lipinski definition) is 4. The van der Waals surface area contributed by atoms with Crippen LogP contribution in [0.4, 0.5) is 11.5 Å². The first-order chi connectivity index (χ1) is 16.5. The topological polar surface area (TPSA) is 135 Å². The van der Waals surface area contributed by atoms with Gasteiger partial charge < -0.3 is 25.4 Å². The van der Waals surface area contributed by atoms with Crippen molar-refractivity contribution in [3.05, 3.63) is 48.2 Å². The SMILES string of the molecule is CNC(C)Oc1nc(C(=O)Nc2cc(O)cc3ccccc23)cc(N2CCN[C@@H](CC#N)C2)n1. The highest BCUT2D eigenvalue weighted by Crippen LogP contribution is 2.29. The number of phenolic OH excluding ortho intramolecular Hbond substituents is 1. The fraction of sp³-hybridized carbons (Fsp3) is 0.333. The van der Waals surface area contributed by atoms with E-state index in [2.05, 4.69) is 32.0 Å². The van der Waals surface area contributed by atoms with Crippen LogP contribution in [0.2, 0.25) is 0 Å². The molecule has 2 aromatic carbocycles. The van der Waals surface area contributed by atoms with Crippen LogP contribution in [0.1, 0.15) is 23.8 Å². The van der Waals surface area contributed by atoms with Crippen LogP contribution in [0.3, 0.4) is 0 Å². The van der Waals surface area contributed by atoms with E-state index in [9.17, 15) is 9.90 Å². The average molecular weight is 462 g/mol. The molecule has 10 heteroatoms. The molecular weight excluding hydrogens is 434 g/mol. The maximum Gasteiger partial charge on any atom is 0.320 e. The van der Waals surface area contributed by atoms with E-state index < -0.39 is 5.91 Å². The Labute approximate surface area is 197 Å². The molecule has 0 saturated carbocycles. The zero-order valence-corrected chi connectivity index (χ0v) is 19.1. The van der Waals surface area contributed by atoms with E-state index in [0.717, 1.165) is 10.8 Å². The predicted molar refractivity (Wildman–Crippen MR) is 129 cm³/mol. The van der Waals surface area contributed by atoms with Gasteiger partial charge in [0.2, 0.25) is 0 Å². The summed E-state index contributed by atoms with van der Waals surface area (Å²) >= 11 is 0. The smallest absolute Gasteiger partial charge is 0.320 e. The van der Waals surface area contributed by atoms with Crippen molar-refractivity contribution in [2.45, 2.75) is 25.6 Å². The second-order valence-corrected chi connectivity index (χ2v) is 8.07. The van der Waals surface area contributed by atoms with Crippen molar-refractivity contribution in [1.29, 1.82) is 5.26 Å². The van der Waals surface area contributed by atoms with Crippen LogP contribution in [-0.2, 0) is 0 Å². The summed E-state index contributed by atoms with van der Waals surface area (Å²) in [6, 6.07) is 14.5. The third-order valence-corrected chi connectivity index (χ3v) is 5.63. The molecule has 1 aliphatic heterocycles. The number of nitriles is 1.